The highest BCUT2D eigenvalue weighted by atomic mass is 16.7. The summed E-state index contributed by atoms with van der Waals surface area (Å²) < 4.78 is 22.0. The van der Waals surface area contributed by atoms with Gasteiger partial charge in [0.25, 0.3) is 0 Å². The molecule has 0 amide bonds. The molecule has 1 heterocycles. The molecule has 5 nitrogen and oxygen atoms in total. The van der Waals surface area contributed by atoms with Crippen molar-refractivity contribution in [1.82, 2.24) is 0 Å². The van der Waals surface area contributed by atoms with Crippen LogP contribution in [-0.2, 0) is 18.9 Å². The molecule has 0 aliphatic carbocycles. The second kappa shape index (κ2) is 8.45. The lowest BCUT2D eigenvalue weighted by Crippen LogP contribution is -2.41. The van der Waals surface area contributed by atoms with Crippen LogP contribution in [0.2, 0.25) is 0 Å². The molecular weight excluding hydrogens is 234 g/mol. The lowest BCUT2D eigenvalue weighted by Gasteiger charge is -2.34. The second-order valence-electron chi connectivity index (χ2n) is 4.63. The minimum atomic E-state index is -0.386. The Balaban J connectivity index is 2.42. The molecule has 1 fully saturated rings. The molecule has 5 heteroatoms. The van der Waals surface area contributed by atoms with E-state index in [1.165, 1.54) is 0 Å². The van der Waals surface area contributed by atoms with Crippen LogP contribution in [0, 0.1) is 5.41 Å². The van der Waals surface area contributed by atoms with E-state index in [2.05, 4.69) is 6.92 Å². The summed E-state index contributed by atoms with van der Waals surface area (Å²) in [5.41, 5.74) is 0. The number of nitrogens with one attached hydrogen (secondary N) is 1. The van der Waals surface area contributed by atoms with Gasteiger partial charge in [-0.05, 0) is 6.42 Å². The van der Waals surface area contributed by atoms with Crippen LogP contribution in [0.1, 0.15) is 39.5 Å². The predicted octanol–water partition coefficient (Wildman–Crippen LogP) is 2.34. The number of hydrogen-bond acceptors (Lipinski definition) is 5. The van der Waals surface area contributed by atoms with E-state index in [9.17, 15) is 0 Å². The number of ether oxygens (including phenoxy) is 4. The molecule has 1 saturated heterocycles. The van der Waals surface area contributed by atoms with Crippen molar-refractivity contribution < 1.29 is 18.9 Å². The molecule has 3 atom stereocenters. The van der Waals surface area contributed by atoms with Crippen LogP contribution in [0.25, 0.3) is 0 Å². The maximum Gasteiger partial charge on any atom is 0.204 e. The molecule has 18 heavy (non-hydrogen) atoms. The fourth-order valence-electron chi connectivity index (χ4n) is 2.03. The lowest BCUT2D eigenvalue weighted by molar-refractivity contribution is -0.201. The minimum Gasteiger partial charge on any atom is -0.453 e. The summed E-state index contributed by atoms with van der Waals surface area (Å²) in [6.45, 7) is 5.06. The van der Waals surface area contributed by atoms with Gasteiger partial charge in [0.05, 0.1) is 18.8 Å². The summed E-state index contributed by atoms with van der Waals surface area (Å²) in [5.74, 6) is 0.172. The zero-order chi connectivity index (χ0) is 13.4. The van der Waals surface area contributed by atoms with Gasteiger partial charge in [0.1, 0.15) is 0 Å². The molecule has 3 unspecified atom stereocenters. The fourth-order valence-corrected chi connectivity index (χ4v) is 2.03. The molecular formula is C13H25NO4. The smallest absolute Gasteiger partial charge is 0.204 e. The monoisotopic (exact) mass is 259 g/mol. The Labute approximate surface area is 109 Å². The summed E-state index contributed by atoms with van der Waals surface area (Å²) in [4.78, 5) is 0. The summed E-state index contributed by atoms with van der Waals surface area (Å²) in [7, 11) is 1.66. The Kier molecular flexibility index (Phi) is 7.23. The van der Waals surface area contributed by atoms with Crippen molar-refractivity contribution in [3.8, 4) is 0 Å². The molecule has 0 bridgehead atoms. The molecule has 0 aromatic carbocycles. The quantitative estimate of drug-likeness (QED) is 0.433. The molecule has 106 valence electrons. The molecule has 0 aromatic heterocycles. The van der Waals surface area contributed by atoms with E-state index < -0.39 is 0 Å². The average molecular weight is 259 g/mol. The highest BCUT2D eigenvalue weighted by Crippen LogP contribution is 2.23. The van der Waals surface area contributed by atoms with E-state index in [0.29, 0.717) is 13.0 Å². The Bertz CT molecular complexity index is 247. The van der Waals surface area contributed by atoms with Gasteiger partial charge in [0.15, 0.2) is 5.90 Å². The standard InChI is InChI=1S/C13H25NO4/c1-4-5-6-16-11-7-12(9-15-3)18-13(8-11)17-10(2)14/h11-14H,4-9H2,1-3H3. The molecule has 1 aliphatic rings. The van der Waals surface area contributed by atoms with Crippen LogP contribution in [0.3, 0.4) is 0 Å². The molecule has 1 aliphatic heterocycles. The normalized spacial score (nSPS) is 28.1. The molecule has 0 saturated carbocycles. The summed E-state index contributed by atoms with van der Waals surface area (Å²) in [5, 5.41) is 7.36. The Hall–Kier alpha value is -0.650. The molecule has 1 N–H and O–H groups in total. The maximum atomic E-state index is 7.36. The largest absolute Gasteiger partial charge is 0.453 e. The fraction of sp³-hybridized carbons (Fsp3) is 0.923. The van der Waals surface area contributed by atoms with Gasteiger partial charge in [-0.3, -0.25) is 5.41 Å². The van der Waals surface area contributed by atoms with E-state index in [4.69, 9.17) is 24.4 Å². The van der Waals surface area contributed by atoms with Gasteiger partial charge < -0.3 is 18.9 Å². The van der Waals surface area contributed by atoms with E-state index in [1.54, 1.807) is 14.0 Å². The van der Waals surface area contributed by atoms with E-state index in [-0.39, 0.29) is 24.4 Å². The summed E-state index contributed by atoms with van der Waals surface area (Å²) in [6, 6.07) is 0. The zero-order valence-electron chi connectivity index (χ0n) is 11.6. The van der Waals surface area contributed by atoms with Crippen molar-refractivity contribution in [3.63, 3.8) is 0 Å². The highest BCUT2D eigenvalue weighted by molar-refractivity contribution is 5.69. The van der Waals surface area contributed by atoms with Crippen LogP contribution in [0.5, 0.6) is 0 Å². The average Bonchev–Trinajstić information content (AvgIpc) is 2.28. The number of rotatable bonds is 7. The first kappa shape index (κ1) is 15.4. The Morgan fingerprint density at radius 3 is 2.78 bits per heavy atom. The molecule has 1 rings (SSSR count). The van der Waals surface area contributed by atoms with Gasteiger partial charge in [-0.2, -0.15) is 0 Å². The van der Waals surface area contributed by atoms with Crippen LogP contribution in [0.15, 0.2) is 0 Å². The van der Waals surface area contributed by atoms with Crippen LogP contribution < -0.4 is 0 Å². The third-order valence-corrected chi connectivity index (χ3v) is 2.84. The highest BCUT2D eigenvalue weighted by Gasteiger charge is 2.31. The van der Waals surface area contributed by atoms with Crippen molar-refractivity contribution in [2.45, 2.75) is 58.0 Å². The summed E-state index contributed by atoms with van der Waals surface area (Å²) in [6.07, 6.45) is 3.44. The van der Waals surface area contributed by atoms with Crippen LogP contribution in [0.4, 0.5) is 0 Å². The molecule has 0 spiro atoms. The van der Waals surface area contributed by atoms with E-state index >= 15 is 0 Å². The Morgan fingerprint density at radius 2 is 2.17 bits per heavy atom. The van der Waals surface area contributed by atoms with E-state index in [1.807, 2.05) is 0 Å². The van der Waals surface area contributed by atoms with Crippen molar-refractivity contribution in [3.05, 3.63) is 0 Å². The van der Waals surface area contributed by atoms with Crippen molar-refractivity contribution in [1.29, 1.82) is 5.41 Å². The van der Waals surface area contributed by atoms with Gasteiger partial charge in [-0.1, -0.05) is 13.3 Å². The van der Waals surface area contributed by atoms with Gasteiger partial charge in [-0.15, -0.1) is 0 Å². The zero-order valence-corrected chi connectivity index (χ0v) is 11.6. The molecule has 0 radical (unpaired) electrons. The van der Waals surface area contributed by atoms with Gasteiger partial charge in [-0.25, -0.2) is 0 Å². The predicted molar refractivity (Wildman–Crippen MR) is 68.9 cm³/mol. The first-order chi connectivity index (χ1) is 8.65. The third-order valence-electron chi connectivity index (χ3n) is 2.84. The second-order valence-corrected chi connectivity index (χ2v) is 4.63. The van der Waals surface area contributed by atoms with Crippen LogP contribution >= 0.6 is 0 Å². The number of unbranched alkanes of at least 4 members (excludes halogenated alkanes) is 1. The first-order valence-electron chi connectivity index (χ1n) is 6.63. The van der Waals surface area contributed by atoms with Gasteiger partial charge in [0.2, 0.25) is 6.29 Å². The summed E-state index contributed by atoms with van der Waals surface area (Å²) >= 11 is 0. The number of hydrogen-bond donors (Lipinski definition) is 1. The van der Waals surface area contributed by atoms with Gasteiger partial charge in [0, 0.05) is 33.5 Å². The SMILES string of the molecule is CCCCOC1CC(COC)OC(OC(C)=N)C1. The maximum absolute atomic E-state index is 7.36. The number of methoxy groups -OCH3 is 1. The minimum absolute atomic E-state index is 0.0141. The van der Waals surface area contributed by atoms with Crippen molar-refractivity contribution >= 4 is 5.90 Å². The topological polar surface area (TPSA) is 60.8 Å². The Morgan fingerprint density at radius 1 is 1.39 bits per heavy atom. The van der Waals surface area contributed by atoms with Gasteiger partial charge >= 0.3 is 0 Å². The first-order valence-corrected chi connectivity index (χ1v) is 6.63. The lowest BCUT2D eigenvalue weighted by atomic mass is 10.1. The van der Waals surface area contributed by atoms with Crippen molar-refractivity contribution in [2.75, 3.05) is 20.3 Å². The third kappa shape index (κ3) is 5.80. The molecule has 0 aromatic rings. The van der Waals surface area contributed by atoms with Crippen LogP contribution in [-0.4, -0.2) is 44.7 Å². The van der Waals surface area contributed by atoms with Crippen molar-refractivity contribution in [2.24, 2.45) is 0 Å². The van der Waals surface area contributed by atoms with E-state index in [0.717, 1.165) is 25.9 Å².